The van der Waals surface area contributed by atoms with E-state index in [1.165, 1.54) is 29.9 Å². The highest BCUT2D eigenvalue weighted by Crippen LogP contribution is 2.26. The minimum Gasteiger partial charge on any atom is -0.351 e. The van der Waals surface area contributed by atoms with E-state index in [4.69, 9.17) is 0 Å². The standard InChI is InChI=1S/C10H13N3S/c1-2-8(1)12-10-11-5-7-6-14-4-3-9(7)13-10/h5,8H,1-4,6H2,(H,11,12,13). The number of hydrogen-bond donors (Lipinski definition) is 1. The molecule has 1 aromatic heterocycles. The maximum atomic E-state index is 4.56. The van der Waals surface area contributed by atoms with Crippen LogP contribution in [0.25, 0.3) is 0 Å². The molecule has 0 amide bonds. The number of anilines is 1. The minimum atomic E-state index is 0.644. The fourth-order valence-electron chi connectivity index (χ4n) is 1.61. The molecule has 14 heavy (non-hydrogen) atoms. The molecule has 3 nitrogen and oxygen atoms in total. The molecule has 0 radical (unpaired) electrons. The summed E-state index contributed by atoms with van der Waals surface area (Å²) in [7, 11) is 0. The Labute approximate surface area is 87.7 Å². The van der Waals surface area contributed by atoms with Crippen molar-refractivity contribution in [3.63, 3.8) is 0 Å². The molecule has 0 bridgehead atoms. The Morgan fingerprint density at radius 1 is 1.43 bits per heavy atom. The zero-order valence-corrected chi connectivity index (χ0v) is 8.81. The highest BCUT2D eigenvalue weighted by atomic mass is 32.2. The van der Waals surface area contributed by atoms with Gasteiger partial charge in [0.25, 0.3) is 0 Å². The summed E-state index contributed by atoms with van der Waals surface area (Å²) in [6.45, 7) is 0. The molecule has 0 spiro atoms. The van der Waals surface area contributed by atoms with Gasteiger partial charge in [0.2, 0.25) is 5.95 Å². The highest BCUT2D eigenvalue weighted by molar-refractivity contribution is 7.98. The van der Waals surface area contributed by atoms with Crippen molar-refractivity contribution < 1.29 is 0 Å². The van der Waals surface area contributed by atoms with Gasteiger partial charge >= 0.3 is 0 Å². The molecule has 1 fully saturated rings. The second kappa shape index (κ2) is 3.42. The van der Waals surface area contributed by atoms with Crippen LogP contribution in [-0.2, 0) is 12.2 Å². The van der Waals surface area contributed by atoms with Gasteiger partial charge in [-0.1, -0.05) is 0 Å². The molecular formula is C10H13N3S. The highest BCUT2D eigenvalue weighted by Gasteiger charge is 2.22. The monoisotopic (exact) mass is 207 g/mol. The second-order valence-corrected chi connectivity index (χ2v) is 4.99. The molecule has 2 aliphatic rings. The summed E-state index contributed by atoms with van der Waals surface area (Å²) in [5.74, 6) is 3.12. The summed E-state index contributed by atoms with van der Waals surface area (Å²) in [6, 6.07) is 0.644. The van der Waals surface area contributed by atoms with Gasteiger partial charge in [-0.3, -0.25) is 0 Å². The first-order chi connectivity index (χ1) is 6.92. The maximum Gasteiger partial charge on any atom is 0.223 e. The molecule has 1 saturated carbocycles. The predicted molar refractivity (Wildman–Crippen MR) is 58.5 cm³/mol. The topological polar surface area (TPSA) is 37.8 Å². The fraction of sp³-hybridized carbons (Fsp3) is 0.600. The molecule has 1 aliphatic carbocycles. The van der Waals surface area contributed by atoms with E-state index in [-0.39, 0.29) is 0 Å². The van der Waals surface area contributed by atoms with Crippen LogP contribution in [0.15, 0.2) is 6.20 Å². The van der Waals surface area contributed by atoms with E-state index in [9.17, 15) is 0 Å². The Hall–Kier alpha value is -0.770. The number of nitrogens with one attached hydrogen (secondary N) is 1. The lowest BCUT2D eigenvalue weighted by molar-refractivity contribution is 0.939. The molecule has 0 atom stereocenters. The van der Waals surface area contributed by atoms with Crippen LogP contribution in [0.3, 0.4) is 0 Å². The number of hydrogen-bond acceptors (Lipinski definition) is 4. The van der Waals surface area contributed by atoms with Crippen LogP contribution in [0.5, 0.6) is 0 Å². The van der Waals surface area contributed by atoms with Crippen LogP contribution in [0.4, 0.5) is 5.95 Å². The third-order valence-corrected chi connectivity index (χ3v) is 3.61. The smallest absolute Gasteiger partial charge is 0.223 e. The van der Waals surface area contributed by atoms with Gasteiger partial charge in [0.05, 0.1) is 5.69 Å². The lowest BCUT2D eigenvalue weighted by Crippen LogP contribution is -2.11. The lowest BCUT2D eigenvalue weighted by Gasteiger charge is -2.14. The number of nitrogens with zero attached hydrogens (tertiary/aromatic N) is 2. The van der Waals surface area contributed by atoms with Gasteiger partial charge in [0.1, 0.15) is 0 Å². The van der Waals surface area contributed by atoms with Gasteiger partial charge in [-0.25, -0.2) is 9.97 Å². The number of fused-ring (bicyclic) bond motifs is 1. The SMILES string of the molecule is c1nc(NC2CC2)nc2c1CSCC2. The Bertz CT molecular complexity index is 349. The van der Waals surface area contributed by atoms with Crippen LogP contribution in [0.1, 0.15) is 24.1 Å². The van der Waals surface area contributed by atoms with Crippen LogP contribution in [0, 0.1) is 0 Å². The van der Waals surface area contributed by atoms with Gasteiger partial charge in [0.15, 0.2) is 0 Å². The van der Waals surface area contributed by atoms with Gasteiger partial charge in [0, 0.05) is 23.6 Å². The van der Waals surface area contributed by atoms with E-state index in [1.807, 2.05) is 18.0 Å². The lowest BCUT2D eigenvalue weighted by atomic mass is 10.2. The molecule has 1 aliphatic heterocycles. The fourth-order valence-corrected chi connectivity index (χ4v) is 2.55. The van der Waals surface area contributed by atoms with Crippen molar-refractivity contribution in [1.82, 2.24) is 9.97 Å². The van der Waals surface area contributed by atoms with Crippen molar-refractivity contribution in [2.75, 3.05) is 11.1 Å². The molecule has 0 saturated heterocycles. The van der Waals surface area contributed by atoms with E-state index >= 15 is 0 Å². The minimum absolute atomic E-state index is 0.644. The summed E-state index contributed by atoms with van der Waals surface area (Å²) in [6.07, 6.45) is 5.63. The zero-order valence-electron chi connectivity index (χ0n) is 7.99. The van der Waals surface area contributed by atoms with E-state index < -0.39 is 0 Å². The van der Waals surface area contributed by atoms with Gasteiger partial charge in [-0.05, 0) is 25.0 Å². The molecule has 1 N–H and O–H groups in total. The molecule has 1 aromatic rings. The number of aryl methyl sites for hydroxylation is 1. The average molecular weight is 207 g/mol. The summed E-state index contributed by atoms with van der Waals surface area (Å²) >= 11 is 1.97. The van der Waals surface area contributed by atoms with Crippen molar-refractivity contribution in [2.24, 2.45) is 0 Å². The first-order valence-electron chi connectivity index (χ1n) is 5.11. The summed E-state index contributed by atoms with van der Waals surface area (Å²) < 4.78 is 0. The zero-order chi connectivity index (χ0) is 9.38. The summed E-state index contributed by atoms with van der Waals surface area (Å²) in [4.78, 5) is 8.89. The molecule has 0 unspecified atom stereocenters. The molecule has 3 rings (SSSR count). The third-order valence-electron chi connectivity index (χ3n) is 2.61. The van der Waals surface area contributed by atoms with Crippen LogP contribution >= 0.6 is 11.8 Å². The van der Waals surface area contributed by atoms with Gasteiger partial charge in [-0.2, -0.15) is 11.8 Å². The molecule has 4 heteroatoms. The van der Waals surface area contributed by atoms with E-state index in [0.29, 0.717) is 6.04 Å². The van der Waals surface area contributed by atoms with Crippen molar-refractivity contribution >= 4 is 17.7 Å². The van der Waals surface area contributed by atoms with Gasteiger partial charge in [-0.15, -0.1) is 0 Å². The largest absolute Gasteiger partial charge is 0.351 e. The van der Waals surface area contributed by atoms with Crippen molar-refractivity contribution in [1.29, 1.82) is 0 Å². The van der Waals surface area contributed by atoms with Gasteiger partial charge < -0.3 is 5.32 Å². The molecular weight excluding hydrogens is 194 g/mol. The number of aromatic nitrogens is 2. The number of rotatable bonds is 2. The number of thioether (sulfide) groups is 1. The van der Waals surface area contributed by atoms with Crippen molar-refractivity contribution in [3.8, 4) is 0 Å². The van der Waals surface area contributed by atoms with Crippen molar-refractivity contribution in [2.45, 2.75) is 31.1 Å². The summed E-state index contributed by atoms with van der Waals surface area (Å²) in [5.41, 5.74) is 2.57. The first-order valence-corrected chi connectivity index (χ1v) is 6.26. The maximum absolute atomic E-state index is 4.56. The van der Waals surface area contributed by atoms with E-state index in [0.717, 1.165) is 18.1 Å². The molecule has 74 valence electrons. The Kier molecular flexibility index (Phi) is 2.09. The van der Waals surface area contributed by atoms with Crippen molar-refractivity contribution in [3.05, 3.63) is 17.5 Å². The van der Waals surface area contributed by atoms with E-state index in [2.05, 4.69) is 15.3 Å². The third kappa shape index (κ3) is 1.71. The van der Waals surface area contributed by atoms with E-state index in [1.54, 1.807) is 0 Å². The first kappa shape index (κ1) is 8.53. The Balaban J connectivity index is 1.84. The normalized spacial score (nSPS) is 20.3. The Morgan fingerprint density at radius 3 is 3.21 bits per heavy atom. The van der Waals surface area contributed by atoms with Crippen LogP contribution in [0.2, 0.25) is 0 Å². The summed E-state index contributed by atoms with van der Waals surface area (Å²) in [5, 5.41) is 3.34. The van der Waals surface area contributed by atoms with Crippen LogP contribution in [-0.4, -0.2) is 21.8 Å². The average Bonchev–Trinajstić information content (AvgIpc) is 3.02. The van der Waals surface area contributed by atoms with Crippen LogP contribution < -0.4 is 5.32 Å². The second-order valence-electron chi connectivity index (χ2n) is 3.89. The molecule has 2 heterocycles. The Morgan fingerprint density at radius 2 is 2.36 bits per heavy atom. The quantitative estimate of drug-likeness (QED) is 0.803. The molecule has 0 aromatic carbocycles. The predicted octanol–water partition coefficient (Wildman–Crippen LogP) is 1.84.